The molecular weight excluding hydrogens is 210 g/mol. The van der Waals surface area contributed by atoms with Crippen molar-refractivity contribution in [3.63, 3.8) is 0 Å². The fourth-order valence-electron chi connectivity index (χ4n) is 2.54. The van der Waals surface area contributed by atoms with Gasteiger partial charge in [0.15, 0.2) is 0 Å². The third-order valence-corrected chi connectivity index (χ3v) is 3.58. The molecule has 1 fully saturated rings. The molecule has 0 saturated carbocycles. The predicted molar refractivity (Wildman–Crippen MR) is 69.7 cm³/mol. The molecule has 0 amide bonds. The Morgan fingerprint density at radius 1 is 1.29 bits per heavy atom. The zero-order valence-electron chi connectivity index (χ0n) is 10.6. The quantitative estimate of drug-likeness (QED) is 0.797. The average molecular weight is 231 g/mol. The maximum absolute atomic E-state index is 11.5. The summed E-state index contributed by atoms with van der Waals surface area (Å²) in [7, 11) is 0. The van der Waals surface area contributed by atoms with Gasteiger partial charge in [-0.3, -0.25) is 9.69 Å². The van der Waals surface area contributed by atoms with E-state index in [9.17, 15) is 4.79 Å². The molecule has 0 aliphatic carbocycles. The number of benzene rings is 1. The summed E-state index contributed by atoms with van der Waals surface area (Å²) < 4.78 is 0. The third kappa shape index (κ3) is 3.67. The maximum Gasteiger partial charge on any atom is 0.134 e. The summed E-state index contributed by atoms with van der Waals surface area (Å²) in [6.45, 7) is 4.77. The molecule has 0 aromatic heterocycles. The highest BCUT2D eigenvalue weighted by Crippen LogP contribution is 2.18. The Kier molecular flexibility index (Phi) is 4.32. The molecule has 17 heavy (non-hydrogen) atoms. The molecule has 1 unspecified atom stereocenters. The molecule has 1 aromatic rings. The van der Waals surface area contributed by atoms with Crippen molar-refractivity contribution >= 4 is 5.78 Å². The average Bonchev–Trinajstić information content (AvgIpc) is 2.56. The number of nitrogens with zero attached hydrogens (tertiary/aromatic N) is 1. The van der Waals surface area contributed by atoms with E-state index < -0.39 is 0 Å². The van der Waals surface area contributed by atoms with Crippen LogP contribution in [-0.2, 0) is 11.3 Å². The number of rotatable bonds is 3. The lowest BCUT2D eigenvalue weighted by molar-refractivity contribution is -0.121. The standard InChI is InChI=1S/C15H21NO/c1-13(17)15-9-5-6-10-16(12-15)11-14-7-3-2-4-8-14/h2-4,7-8,15H,5-6,9-12H2,1H3. The number of likely N-dealkylation sites (tertiary alicyclic amines) is 1. The molecule has 1 aliphatic heterocycles. The summed E-state index contributed by atoms with van der Waals surface area (Å²) in [6.07, 6.45) is 3.48. The normalized spacial score (nSPS) is 22.1. The minimum absolute atomic E-state index is 0.251. The molecule has 2 nitrogen and oxygen atoms in total. The summed E-state index contributed by atoms with van der Waals surface area (Å²) in [5.41, 5.74) is 1.34. The van der Waals surface area contributed by atoms with Gasteiger partial charge in [-0.25, -0.2) is 0 Å². The van der Waals surface area contributed by atoms with Crippen LogP contribution in [0.3, 0.4) is 0 Å². The summed E-state index contributed by atoms with van der Waals surface area (Å²) in [6, 6.07) is 10.5. The molecule has 1 saturated heterocycles. The van der Waals surface area contributed by atoms with Crippen LogP contribution in [0.25, 0.3) is 0 Å². The van der Waals surface area contributed by atoms with Crippen molar-refractivity contribution < 1.29 is 4.79 Å². The fourth-order valence-corrected chi connectivity index (χ4v) is 2.54. The van der Waals surface area contributed by atoms with Gasteiger partial charge in [-0.2, -0.15) is 0 Å². The van der Waals surface area contributed by atoms with Gasteiger partial charge in [0.05, 0.1) is 0 Å². The van der Waals surface area contributed by atoms with Crippen molar-refractivity contribution in [2.24, 2.45) is 5.92 Å². The van der Waals surface area contributed by atoms with Crippen LogP contribution >= 0.6 is 0 Å². The van der Waals surface area contributed by atoms with Crippen molar-refractivity contribution in [3.05, 3.63) is 35.9 Å². The van der Waals surface area contributed by atoms with E-state index in [1.807, 2.05) is 6.07 Å². The Morgan fingerprint density at radius 2 is 2.06 bits per heavy atom. The number of carbonyl (C=O) groups is 1. The number of ketones is 1. The first-order chi connectivity index (χ1) is 8.25. The highest BCUT2D eigenvalue weighted by molar-refractivity contribution is 5.78. The fraction of sp³-hybridized carbons (Fsp3) is 0.533. The first kappa shape index (κ1) is 12.3. The number of Topliss-reactive ketones (excluding diaryl/α,β-unsaturated/α-hetero) is 1. The number of hydrogen-bond acceptors (Lipinski definition) is 2. The molecular formula is C15H21NO. The van der Waals surface area contributed by atoms with E-state index >= 15 is 0 Å². The zero-order chi connectivity index (χ0) is 12.1. The predicted octanol–water partition coefficient (Wildman–Crippen LogP) is 2.88. The molecule has 1 aliphatic rings. The van der Waals surface area contributed by atoms with E-state index in [0.717, 1.165) is 26.1 Å². The van der Waals surface area contributed by atoms with E-state index in [2.05, 4.69) is 29.2 Å². The summed E-state index contributed by atoms with van der Waals surface area (Å²) in [5, 5.41) is 0. The molecule has 1 aromatic carbocycles. The van der Waals surface area contributed by atoms with Gasteiger partial charge in [0, 0.05) is 19.0 Å². The Balaban J connectivity index is 1.97. The monoisotopic (exact) mass is 231 g/mol. The van der Waals surface area contributed by atoms with Gasteiger partial charge < -0.3 is 0 Å². The van der Waals surface area contributed by atoms with Gasteiger partial charge in [0.25, 0.3) is 0 Å². The van der Waals surface area contributed by atoms with Crippen LogP contribution in [-0.4, -0.2) is 23.8 Å². The lowest BCUT2D eigenvalue weighted by atomic mass is 9.99. The minimum Gasteiger partial charge on any atom is -0.300 e. The third-order valence-electron chi connectivity index (χ3n) is 3.58. The van der Waals surface area contributed by atoms with Crippen LogP contribution in [0.5, 0.6) is 0 Å². The van der Waals surface area contributed by atoms with E-state index in [1.165, 1.54) is 18.4 Å². The highest BCUT2D eigenvalue weighted by Gasteiger charge is 2.21. The molecule has 2 heteroatoms. The second kappa shape index (κ2) is 5.97. The van der Waals surface area contributed by atoms with E-state index in [-0.39, 0.29) is 5.92 Å². The van der Waals surface area contributed by atoms with Gasteiger partial charge in [-0.1, -0.05) is 36.8 Å². The summed E-state index contributed by atoms with van der Waals surface area (Å²) >= 11 is 0. The first-order valence-corrected chi connectivity index (χ1v) is 6.52. The molecule has 0 N–H and O–H groups in total. The number of hydrogen-bond donors (Lipinski definition) is 0. The smallest absolute Gasteiger partial charge is 0.134 e. The second-order valence-electron chi connectivity index (χ2n) is 5.02. The van der Waals surface area contributed by atoms with Crippen molar-refractivity contribution in [2.75, 3.05) is 13.1 Å². The first-order valence-electron chi connectivity index (χ1n) is 6.52. The van der Waals surface area contributed by atoms with Crippen molar-refractivity contribution in [3.8, 4) is 0 Å². The zero-order valence-corrected chi connectivity index (χ0v) is 10.6. The van der Waals surface area contributed by atoms with Gasteiger partial charge in [0.2, 0.25) is 0 Å². The summed E-state index contributed by atoms with van der Waals surface area (Å²) in [5.74, 6) is 0.603. The van der Waals surface area contributed by atoms with Crippen molar-refractivity contribution in [1.29, 1.82) is 0 Å². The highest BCUT2D eigenvalue weighted by atomic mass is 16.1. The van der Waals surface area contributed by atoms with Crippen molar-refractivity contribution in [2.45, 2.75) is 32.7 Å². The van der Waals surface area contributed by atoms with Gasteiger partial charge in [-0.05, 0) is 31.9 Å². The van der Waals surface area contributed by atoms with E-state index in [4.69, 9.17) is 0 Å². The SMILES string of the molecule is CC(=O)C1CCCCN(Cc2ccccc2)C1. The van der Waals surface area contributed by atoms with Crippen molar-refractivity contribution in [1.82, 2.24) is 4.90 Å². The molecule has 1 atom stereocenters. The van der Waals surface area contributed by atoms with Crippen LogP contribution in [0.1, 0.15) is 31.7 Å². The molecule has 0 radical (unpaired) electrons. The largest absolute Gasteiger partial charge is 0.300 e. The van der Waals surface area contributed by atoms with Crippen LogP contribution < -0.4 is 0 Å². The van der Waals surface area contributed by atoms with Crippen LogP contribution in [0.2, 0.25) is 0 Å². The van der Waals surface area contributed by atoms with Gasteiger partial charge in [0.1, 0.15) is 5.78 Å². The Hall–Kier alpha value is -1.15. The summed E-state index contributed by atoms with van der Waals surface area (Å²) in [4.78, 5) is 13.9. The topological polar surface area (TPSA) is 20.3 Å². The molecule has 92 valence electrons. The Labute approximate surface area is 104 Å². The molecule has 2 rings (SSSR count). The van der Waals surface area contributed by atoms with Gasteiger partial charge in [-0.15, -0.1) is 0 Å². The lowest BCUT2D eigenvalue weighted by Crippen LogP contribution is -2.30. The Morgan fingerprint density at radius 3 is 2.76 bits per heavy atom. The molecule has 0 bridgehead atoms. The van der Waals surface area contributed by atoms with Crippen LogP contribution in [0.4, 0.5) is 0 Å². The van der Waals surface area contributed by atoms with E-state index in [0.29, 0.717) is 5.78 Å². The second-order valence-corrected chi connectivity index (χ2v) is 5.02. The van der Waals surface area contributed by atoms with Gasteiger partial charge >= 0.3 is 0 Å². The van der Waals surface area contributed by atoms with Crippen LogP contribution in [0, 0.1) is 5.92 Å². The molecule has 1 heterocycles. The Bertz CT molecular complexity index is 360. The van der Waals surface area contributed by atoms with E-state index in [1.54, 1.807) is 6.92 Å². The maximum atomic E-state index is 11.5. The number of carbonyl (C=O) groups excluding carboxylic acids is 1. The minimum atomic E-state index is 0.251. The van der Waals surface area contributed by atoms with Crippen LogP contribution in [0.15, 0.2) is 30.3 Å². The lowest BCUT2D eigenvalue weighted by Gasteiger charge is -2.23. The molecule has 0 spiro atoms.